The lowest BCUT2D eigenvalue weighted by Gasteiger charge is -2.06. The molecule has 0 radical (unpaired) electrons. The first-order valence-electron chi connectivity index (χ1n) is 7.56. The molecular weight excluding hydrogens is 398 g/mol. The number of amides is 1. The average molecular weight is 409 g/mol. The van der Waals surface area contributed by atoms with Crippen molar-refractivity contribution in [3.63, 3.8) is 0 Å². The number of anilines is 1. The lowest BCUT2D eigenvalue weighted by atomic mass is 10.2. The van der Waals surface area contributed by atoms with Gasteiger partial charge in [-0.25, -0.2) is 18.6 Å². The van der Waals surface area contributed by atoms with Gasteiger partial charge in [0.1, 0.15) is 11.6 Å². The van der Waals surface area contributed by atoms with Gasteiger partial charge >= 0.3 is 5.97 Å². The number of nitrogens with one attached hydrogen (secondary N) is 1. The van der Waals surface area contributed by atoms with Crippen LogP contribution < -0.4 is 5.32 Å². The quantitative estimate of drug-likeness (QED) is 0.629. The molecule has 1 amide bonds. The number of benzene rings is 2. The van der Waals surface area contributed by atoms with Gasteiger partial charge in [0.05, 0.1) is 11.3 Å². The third-order valence-electron chi connectivity index (χ3n) is 3.37. The Balaban J connectivity index is 1.57. The normalized spacial score (nSPS) is 10.5. The molecule has 1 aromatic heterocycles. The number of nitrogens with zero attached hydrogens (tertiary/aromatic N) is 1. The van der Waals surface area contributed by atoms with Crippen molar-refractivity contribution in [3.8, 4) is 11.3 Å². The second kappa shape index (κ2) is 8.24. The maximum absolute atomic E-state index is 13.6. The highest BCUT2D eigenvalue weighted by atomic mass is 35.5. The zero-order valence-corrected chi connectivity index (χ0v) is 15.1. The molecule has 2 aromatic carbocycles. The highest BCUT2D eigenvalue weighted by Gasteiger charge is 2.16. The van der Waals surface area contributed by atoms with Crippen molar-refractivity contribution in [2.75, 3.05) is 11.9 Å². The molecule has 1 heterocycles. The second-order valence-electron chi connectivity index (χ2n) is 5.29. The van der Waals surface area contributed by atoms with Crippen LogP contribution in [0.3, 0.4) is 0 Å². The number of rotatable bonds is 5. The Hall–Kier alpha value is -2.84. The number of hydrogen-bond acceptors (Lipinski definition) is 5. The van der Waals surface area contributed by atoms with Crippen molar-refractivity contribution in [3.05, 3.63) is 70.1 Å². The van der Waals surface area contributed by atoms with Gasteiger partial charge in [0.25, 0.3) is 5.91 Å². The Morgan fingerprint density at radius 3 is 2.63 bits per heavy atom. The van der Waals surface area contributed by atoms with Gasteiger partial charge in [0.15, 0.2) is 11.7 Å². The van der Waals surface area contributed by atoms with E-state index in [-0.39, 0.29) is 21.5 Å². The molecule has 3 rings (SSSR count). The zero-order valence-electron chi connectivity index (χ0n) is 13.5. The van der Waals surface area contributed by atoms with Crippen molar-refractivity contribution in [1.29, 1.82) is 0 Å². The van der Waals surface area contributed by atoms with Crippen molar-refractivity contribution in [1.82, 2.24) is 4.98 Å². The summed E-state index contributed by atoms with van der Waals surface area (Å²) in [6, 6.07) is 9.19. The summed E-state index contributed by atoms with van der Waals surface area (Å²) in [6.07, 6.45) is 0. The Morgan fingerprint density at radius 2 is 1.89 bits per heavy atom. The van der Waals surface area contributed by atoms with Gasteiger partial charge in [0.2, 0.25) is 0 Å². The fourth-order valence-corrected chi connectivity index (χ4v) is 3.01. The van der Waals surface area contributed by atoms with Gasteiger partial charge in [-0.1, -0.05) is 11.6 Å². The fourth-order valence-electron chi connectivity index (χ4n) is 2.10. The first kappa shape index (κ1) is 18.9. The number of carbonyl (C=O) groups excluding carboxylic acids is 2. The summed E-state index contributed by atoms with van der Waals surface area (Å²) in [7, 11) is 0. The summed E-state index contributed by atoms with van der Waals surface area (Å²) in [5, 5.41) is 4.62. The maximum atomic E-state index is 13.6. The van der Waals surface area contributed by atoms with E-state index in [0.29, 0.717) is 11.3 Å². The number of aromatic nitrogens is 1. The second-order valence-corrected chi connectivity index (χ2v) is 6.59. The van der Waals surface area contributed by atoms with Crippen LogP contribution in [-0.4, -0.2) is 23.5 Å². The van der Waals surface area contributed by atoms with Gasteiger partial charge < -0.3 is 4.74 Å². The number of thiazole rings is 1. The summed E-state index contributed by atoms with van der Waals surface area (Å²) in [5.41, 5.74) is 0.896. The van der Waals surface area contributed by atoms with Gasteiger partial charge in [-0.15, -0.1) is 11.3 Å². The van der Waals surface area contributed by atoms with E-state index in [1.807, 2.05) is 0 Å². The summed E-state index contributed by atoms with van der Waals surface area (Å²) < 4.78 is 31.3. The zero-order chi connectivity index (χ0) is 19.4. The lowest BCUT2D eigenvalue weighted by Crippen LogP contribution is -2.21. The predicted octanol–water partition coefficient (Wildman–Crippen LogP) is 4.54. The maximum Gasteiger partial charge on any atom is 0.341 e. The minimum absolute atomic E-state index is 0.170. The minimum Gasteiger partial charge on any atom is -0.452 e. The molecule has 0 bridgehead atoms. The molecule has 0 saturated carbocycles. The molecule has 0 aliphatic heterocycles. The Morgan fingerprint density at radius 1 is 1.15 bits per heavy atom. The Labute approximate surface area is 161 Å². The smallest absolute Gasteiger partial charge is 0.341 e. The van der Waals surface area contributed by atoms with Gasteiger partial charge in [-0.05, 0) is 42.5 Å². The lowest BCUT2D eigenvalue weighted by molar-refractivity contribution is -0.119. The predicted molar refractivity (Wildman–Crippen MR) is 97.8 cm³/mol. The number of carbonyl (C=O) groups is 2. The number of esters is 1. The van der Waals surface area contributed by atoms with E-state index >= 15 is 0 Å². The van der Waals surface area contributed by atoms with Crippen LogP contribution in [0.5, 0.6) is 0 Å². The molecule has 138 valence electrons. The molecule has 0 fully saturated rings. The first-order chi connectivity index (χ1) is 12.9. The number of halogens is 3. The van der Waals surface area contributed by atoms with E-state index in [1.54, 1.807) is 17.5 Å². The third kappa shape index (κ3) is 4.87. The van der Waals surface area contributed by atoms with E-state index in [0.717, 1.165) is 23.5 Å². The van der Waals surface area contributed by atoms with E-state index in [2.05, 4.69) is 10.3 Å². The van der Waals surface area contributed by atoms with Crippen LogP contribution in [0.4, 0.5) is 13.9 Å². The molecule has 1 N–H and O–H groups in total. The van der Waals surface area contributed by atoms with Crippen molar-refractivity contribution < 1.29 is 23.1 Å². The van der Waals surface area contributed by atoms with Gasteiger partial charge in [-0.3, -0.25) is 10.1 Å². The third-order valence-corrected chi connectivity index (χ3v) is 4.37. The molecular formula is C18H11ClF2N2O3S. The van der Waals surface area contributed by atoms with Crippen molar-refractivity contribution in [2.45, 2.75) is 0 Å². The van der Waals surface area contributed by atoms with E-state index in [4.69, 9.17) is 16.3 Å². The topological polar surface area (TPSA) is 68.3 Å². The molecule has 0 aliphatic carbocycles. The van der Waals surface area contributed by atoms with Crippen LogP contribution in [0.15, 0.2) is 47.8 Å². The molecule has 3 aromatic rings. The van der Waals surface area contributed by atoms with E-state index in [1.165, 1.54) is 18.2 Å². The molecule has 0 atom stereocenters. The first-order valence-corrected chi connectivity index (χ1v) is 8.81. The molecule has 5 nitrogen and oxygen atoms in total. The van der Waals surface area contributed by atoms with Crippen LogP contribution in [0.2, 0.25) is 5.02 Å². The molecule has 0 spiro atoms. The molecule has 0 saturated heterocycles. The van der Waals surface area contributed by atoms with Crippen LogP contribution in [-0.2, 0) is 9.53 Å². The fraction of sp³-hybridized carbons (Fsp3) is 0.0556. The Kier molecular flexibility index (Phi) is 5.78. The highest BCUT2D eigenvalue weighted by molar-refractivity contribution is 7.14. The molecule has 0 unspecified atom stereocenters. The number of hydrogen-bond donors (Lipinski definition) is 1. The summed E-state index contributed by atoms with van der Waals surface area (Å²) in [6.45, 7) is -0.615. The Bertz CT molecular complexity index is 993. The van der Waals surface area contributed by atoms with Crippen LogP contribution in [0, 0.1) is 11.6 Å². The van der Waals surface area contributed by atoms with E-state index in [9.17, 15) is 18.4 Å². The minimum atomic E-state index is -1.00. The number of ether oxygens (including phenoxy) is 1. The van der Waals surface area contributed by atoms with Crippen molar-refractivity contribution >= 4 is 39.9 Å². The molecule has 27 heavy (non-hydrogen) atoms. The van der Waals surface area contributed by atoms with Crippen LogP contribution in [0.1, 0.15) is 10.4 Å². The average Bonchev–Trinajstić information content (AvgIpc) is 3.10. The van der Waals surface area contributed by atoms with E-state index < -0.39 is 24.3 Å². The SMILES string of the molecule is O=C(COC(=O)c1cc(Cl)ccc1F)Nc1nc(-c2ccc(F)cc2)cs1. The van der Waals surface area contributed by atoms with Gasteiger partial charge in [-0.2, -0.15) is 0 Å². The largest absolute Gasteiger partial charge is 0.452 e. The molecule has 0 aliphatic rings. The molecule has 9 heteroatoms. The monoisotopic (exact) mass is 408 g/mol. The summed E-state index contributed by atoms with van der Waals surface area (Å²) in [5.74, 6) is -2.80. The summed E-state index contributed by atoms with van der Waals surface area (Å²) in [4.78, 5) is 28.0. The highest BCUT2D eigenvalue weighted by Crippen LogP contribution is 2.25. The summed E-state index contributed by atoms with van der Waals surface area (Å²) >= 11 is 6.87. The van der Waals surface area contributed by atoms with Crippen molar-refractivity contribution in [2.24, 2.45) is 0 Å². The standard InChI is InChI=1S/C18H11ClF2N2O3S/c19-11-3-6-14(21)13(7-11)17(25)26-8-16(24)23-18-22-15(9-27-18)10-1-4-12(20)5-2-10/h1-7,9H,8H2,(H,22,23,24). The van der Waals surface area contributed by atoms with Crippen LogP contribution in [0.25, 0.3) is 11.3 Å². The van der Waals surface area contributed by atoms with Crippen LogP contribution >= 0.6 is 22.9 Å². The van der Waals surface area contributed by atoms with Gasteiger partial charge in [0, 0.05) is 16.0 Å².